The third-order valence-electron chi connectivity index (χ3n) is 2.36. The highest BCUT2D eigenvalue weighted by Gasteiger charge is 2.22. The van der Waals surface area contributed by atoms with Crippen LogP contribution in [0.4, 0.5) is 0 Å². The summed E-state index contributed by atoms with van der Waals surface area (Å²) in [5.74, 6) is 0. The van der Waals surface area contributed by atoms with Crippen molar-refractivity contribution in [1.29, 1.82) is 0 Å². The van der Waals surface area contributed by atoms with Gasteiger partial charge in [-0.2, -0.15) is 0 Å². The second-order valence-corrected chi connectivity index (χ2v) is 5.92. The van der Waals surface area contributed by atoms with Gasteiger partial charge in [-0.25, -0.2) is 12.7 Å². The molecule has 1 rings (SSSR count). The molecule has 0 radical (unpaired) electrons. The highest BCUT2D eigenvalue weighted by atomic mass is 32.2. The van der Waals surface area contributed by atoms with E-state index in [0.29, 0.717) is 6.42 Å². The van der Waals surface area contributed by atoms with Crippen LogP contribution in [0.3, 0.4) is 0 Å². The van der Waals surface area contributed by atoms with Gasteiger partial charge in [0.05, 0.1) is 0 Å². The summed E-state index contributed by atoms with van der Waals surface area (Å²) in [6.45, 7) is 0. The molecular weight excluding hydrogens is 240 g/mol. The number of aryl methyl sites for hydroxylation is 1. The lowest BCUT2D eigenvalue weighted by Gasteiger charge is -2.12. The molecule has 0 aliphatic carbocycles. The first-order chi connectivity index (χ1) is 7.98. The van der Waals surface area contributed by atoms with Gasteiger partial charge >= 0.3 is 0 Å². The first-order valence-electron chi connectivity index (χ1n) is 5.16. The van der Waals surface area contributed by atoms with Crippen LogP contribution in [0.5, 0.6) is 0 Å². The molecule has 0 saturated carbocycles. The van der Waals surface area contributed by atoms with Gasteiger partial charge in [0.25, 0.3) is 10.0 Å². The lowest BCUT2D eigenvalue weighted by molar-refractivity contribution is 0.318. The first-order valence-corrected chi connectivity index (χ1v) is 6.60. The average molecular weight is 256 g/mol. The third kappa shape index (κ3) is 3.54. The summed E-state index contributed by atoms with van der Waals surface area (Å²) in [4.78, 5) is 0. The van der Waals surface area contributed by atoms with Gasteiger partial charge in [-0.05, 0) is 12.0 Å². The zero-order valence-corrected chi connectivity index (χ0v) is 10.7. The molecule has 0 aromatic heterocycles. The molecule has 0 spiro atoms. The van der Waals surface area contributed by atoms with Crippen molar-refractivity contribution in [2.45, 2.75) is 12.8 Å². The molecule has 0 aliphatic rings. The molecule has 0 amide bonds. The molecule has 0 heterocycles. The van der Waals surface area contributed by atoms with E-state index in [4.69, 9.17) is 5.21 Å². The fourth-order valence-electron chi connectivity index (χ4n) is 1.34. The van der Waals surface area contributed by atoms with Crippen LogP contribution in [-0.4, -0.2) is 37.1 Å². The summed E-state index contributed by atoms with van der Waals surface area (Å²) < 4.78 is 24.5. The van der Waals surface area contributed by atoms with Gasteiger partial charge in [-0.15, -0.1) is 0 Å². The second kappa shape index (κ2) is 5.79. The molecule has 5 nitrogen and oxygen atoms in total. The van der Waals surface area contributed by atoms with Crippen LogP contribution in [0.25, 0.3) is 0 Å². The number of nitrogens with zero attached hydrogens (tertiary/aromatic N) is 2. The number of oxime groups is 1. The van der Waals surface area contributed by atoms with Crippen LogP contribution in [0.15, 0.2) is 35.5 Å². The maximum absolute atomic E-state index is 11.7. The molecular formula is C11H16N2O3S. The Morgan fingerprint density at radius 3 is 2.35 bits per heavy atom. The standard InChI is InChI=1S/C11H16N2O3S/c1-13(2)17(15,16)11(12-14)9-8-10-6-4-3-5-7-10/h3-7,14H,8-9H2,1-2H3. The van der Waals surface area contributed by atoms with E-state index in [1.54, 1.807) is 0 Å². The minimum atomic E-state index is -3.63. The molecule has 0 saturated heterocycles. The van der Waals surface area contributed by atoms with E-state index < -0.39 is 10.0 Å². The second-order valence-electron chi connectivity index (χ2n) is 3.77. The normalized spacial score (nSPS) is 13.0. The monoisotopic (exact) mass is 256 g/mol. The Kier molecular flexibility index (Phi) is 4.65. The molecule has 0 unspecified atom stereocenters. The van der Waals surface area contributed by atoms with Crippen LogP contribution >= 0.6 is 0 Å². The van der Waals surface area contributed by atoms with E-state index >= 15 is 0 Å². The van der Waals surface area contributed by atoms with Crippen molar-refractivity contribution in [2.24, 2.45) is 5.16 Å². The van der Waals surface area contributed by atoms with E-state index in [1.165, 1.54) is 14.1 Å². The molecule has 1 N–H and O–H groups in total. The van der Waals surface area contributed by atoms with Gasteiger partial charge in [0, 0.05) is 20.5 Å². The molecule has 1 aromatic rings. The lowest BCUT2D eigenvalue weighted by Crippen LogP contribution is -2.30. The smallest absolute Gasteiger partial charge is 0.259 e. The fraction of sp³-hybridized carbons (Fsp3) is 0.364. The summed E-state index contributed by atoms with van der Waals surface area (Å²) in [7, 11) is -0.814. The number of rotatable bonds is 4. The minimum Gasteiger partial charge on any atom is -0.410 e. The summed E-state index contributed by atoms with van der Waals surface area (Å²) in [6, 6.07) is 9.45. The molecule has 0 atom stereocenters. The molecule has 0 aliphatic heterocycles. The molecule has 0 bridgehead atoms. The summed E-state index contributed by atoms with van der Waals surface area (Å²) in [5, 5.41) is 11.4. The predicted molar refractivity (Wildman–Crippen MR) is 66.6 cm³/mol. The van der Waals surface area contributed by atoms with Gasteiger partial charge in [0.1, 0.15) is 0 Å². The van der Waals surface area contributed by atoms with Gasteiger partial charge in [0.15, 0.2) is 5.04 Å². The van der Waals surface area contributed by atoms with Gasteiger partial charge in [-0.3, -0.25) is 0 Å². The van der Waals surface area contributed by atoms with Crippen molar-refractivity contribution in [3.8, 4) is 0 Å². The molecule has 17 heavy (non-hydrogen) atoms. The largest absolute Gasteiger partial charge is 0.410 e. The number of sulfonamides is 1. The van der Waals surface area contributed by atoms with Gasteiger partial charge in [-0.1, -0.05) is 35.5 Å². The maximum Gasteiger partial charge on any atom is 0.259 e. The van der Waals surface area contributed by atoms with E-state index in [-0.39, 0.29) is 11.5 Å². The Balaban J connectivity index is 2.74. The highest BCUT2D eigenvalue weighted by Crippen LogP contribution is 2.08. The van der Waals surface area contributed by atoms with Crippen molar-refractivity contribution >= 4 is 15.1 Å². The summed E-state index contributed by atoms with van der Waals surface area (Å²) in [6.07, 6.45) is 0.703. The van der Waals surface area contributed by atoms with Crippen LogP contribution in [0.2, 0.25) is 0 Å². The average Bonchev–Trinajstić information content (AvgIpc) is 2.30. The van der Waals surface area contributed by atoms with E-state index in [0.717, 1.165) is 9.87 Å². The Morgan fingerprint density at radius 2 is 1.88 bits per heavy atom. The van der Waals surface area contributed by atoms with E-state index in [2.05, 4.69) is 5.16 Å². The van der Waals surface area contributed by atoms with Gasteiger partial charge in [0.2, 0.25) is 0 Å². The third-order valence-corrected chi connectivity index (χ3v) is 4.20. The van der Waals surface area contributed by atoms with Crippen molar-refractivity contribution in [2.75, 3.05) is 14.1 Å². The topological polar surface area (TPSA) is 70.0 Å². The zero-order valence-electron chi connectivity index (χ0n) is 9.87. The van der Waals surface area contributed by atoms with Crippen LogP contribution < -0.4 is 0 Å². The molecule has 0 fully saturated rings. The zero-order chi connectivity index (χ0) is 12.9. The maximum atomic E-state index is 11.7. The number of hydrogen-bond donors (Lipinski definition) is 1. The van der Waals surface area contributed by atoms with Crippen molar-refractivity contribution in [1.82, 2.24) is 4.31 Å². The number of benzene rings is 1. The Hall–Kier alpha value is -1.40. The molecule has 6 heteroatoms. The van der Waals surface area contributed by atoms with E-state index in [9.17, 15) is 8.42 Å². The van der Waals surface area contributed by atoms with Crippen molar-refractivity contribution < 1.29 is 13.6 Å². The molecule has 1 aromatic carbocycles. The SMILES string of the molecule is CN(C)S(=O)(=O)C(CCc1ccccc1)=NO. The van der Waals surface area contributed by atoms with Crippen LogP contribution in [0, 0.1) is 0 Å². The van der Waals surface area contributed by atoms with Crippen molar-refractivity contribution in [3.05, 3.63) is 35.9 Å². The number of hydrogen-bond acceptors (Lipinski definition) is 4. The Labute approximate surface area is 101 Å². The summed E-state index contributed by atoms with van der Waals surface area (Å²) >= 11 is 0. The first kappa shape index (κ1) is 13.7. The predicted octanol–water partition coefficient (Wildman–Crippen LogP) is 1.30. The van der Waals surface area contributed by atoms with E-state index in [1.807, 2.05) is 30.3 Å². The van der Waals surface area contributed by atoms with Crippen LogP contribution in [-0.2, 0) is 16.4 Å². The quantitative estimate of drug-likeness (QED) is 0.382. The van der Waals surface area contributed by atoms with Crippen LogP contribution in [0.1, 0.15) is 12.0 Å². The lowest BCUT2D eigenvalue weighted by atomic mass is 10.1. The fourth-order valence-corrected chi connectivity index (χ4v) is 2.22. The Bertz CT molecular complexity index is 481. The highest BCUT2D eigenvalue weighted by molar-refractivity contribution is 8.04. The van der Waals surface area contributed by atoms with Gasteiger partial charge < -0.3 is 5.21 Å². The molecule has 94 valence electrons. The minimum absolute atomic E-state index is 0.182. The summed E-state index contributed by atoms with van der Waals surface area (Å²) in [5.41, 5.74) is 1.00. The Morgan fingerprint density at radius 1 is 1.29 bits per heavy atom. The van der Waals surface area contributed by atoms with Crippen molar-refractivity contribution in [3.63, 3.8) is 0 Å².